The van der Waals surface area contributed by atoms with Gasteiger partial charge >= 0.3 is 0 Å². The zero-order valence-electron chi connectivity index (χ0n) is 10.1. The summed E-state index contributed by atoms with van der Waals surface area (Å²) in [7, 11) is 0. The number of rotatable bonds is 5. The van der Waals surface area contributed by atoms with E-state index in [-0.39, 0.29) is 6.10 Å². The third kappa shape index (κ3) is 3.83. The van der Waals surface area contributed by atoms with Crippen molar-refractivity contribution in [2.45, 2.75) is 39.4 Å². The molecule has 0 fully saturated rings. The number of benzene rings is 1. The number of aliphatic hydroxyl groups is 2. The third-order valence-electron chi connectivity index (χ3n) is 2.41. The summed E-state index contributed by atoms with van der Waals surface area (Å²) in [5.74, 6) is 0.704. The maximum atomic E-state index is 9.57. The Bertz CT molecular complexity index is 332. The molecule has 0 radical (unpaired) electrons. The van der Waals surface area contributed by atoms with Gasteiger partial charge in [0.1, 0.15) is 5.75 Å². The van der Waals surface area contributed by atoms with Crippen LogP contribution in [-0.4, -0.2) is 22.9 Å². The van der Waals surface area contributed by atoms with Gasteiger partial charge in [0, 0.05) is 12.0 Å². The molecule has 2 atom stereocenters. The van der Waals surface area contributed by atoms with Crippen LogP contribution in [0.4, 0.5) is 0 Å². The molecule has 0 bridgehead atoms. The first-order valence-electron chi connectivity index (χ1n) is 5.60. The normalized spacial score (nSPS) is 14.6. The highest BCUT2D eigenvalue weighted by molar-refractivity contribution is 5.38. The molecular formula is C13H20O3. The Hall–Kier alpha value is -1.06. The first-order valence-corrected chi connectivity index (χ1v) is 5.60. The Morgan fingerprint density at radius 1 is 1.25 bits per heavy atom. The second-order valence-electron chi connectivity index (χ2n) is 4.20. The number of ether oxygens (including phenoxy) is 1. The maximum absolute atomic E-state index is 9.57. The van der Waals surface area contributed by atoms with E-state index in [9.17, 15) is 5.11 Å². The molecule has 0 aliphatic heterocycles. The van der Waals surface area contributed by atoms with E-state index in [0.717, 1.165) is 11.1 Å². The van der Waals surface area contributed by atoms with Gasteiger partial charge in [-0.05, 0) is 32.4 Å². The summed E-state index contributed by atoms with van der Waals surface area (Å²) < 4.78 is 5.57. The standard InChI is InChI=1S/C13H20O3/c1-9-4-5-12(11(3)15)13(8-9)16-7-6-10(2)14/h4-5,8,10-11,14-15H,6-7H2,1-3H3/t10?,11-/m1/s1. The van der Waals surface area contributed by atoms with Crippen LogP contribution in [0.15, 0.2) is 18.2 Å². The van der Waals surface area contributed by atoms with Crippen molar-refractivity contribution in [1.82, 2.24) is 0 Å². The first kappa shape index (κ1) is 13.0. The second-order valence-corrected chi connectivity index (χ2v) is 4.20. The molecule has 90 valence electrons. The summed E-state index contributed by atoms with van der Waals surface area (Å²) in [4.78, 5) is 0. The predicted octanol–water partition coefficient (Wildman–Crippen LogP) is 2.20. The molecule has 3 nitrogen and oxygen atoms in total. The van der Waals surface area contributed by atoms with E-state index in [1.54, 1.807) is 13.8 Å². The van der Waals surface area contributed by atoms with Crippen LogP contribution >= 0.6 is 0 Å². The van der Waals surface area contributed by atoms with Crippen molar-refractivity contribution < 1.29 is 14.9 Å². The number of aryl methyl sites for hydroxylation is 1. The molecule has 1 unspecified atom stereocenters. The summed E-state index contributed by atoms with van der Waals surface area (Å²) in [6.07, 6.45) is -0.310. The third-order valence-corrected chi connectivity index (χ3v) is 2.41. The fraction of sp³-hybridized carbons (Fsp3) is 0.538. The van der Waals surface area contributed by atoms with Crippen LogP contribution in [0.3, 0.4) is 0 Å². The minimum Gasteiger partial charge on any atom is -0.493 e. The molecule has 3 heteroatoms. The largest absolute Gasteiger partial charge is 0.493 e. The van der Waals surface area contributed by atoms with Crippen LogP contribution in [0.2, 0.25) is 0 Å². The highest BCUT2D eigenvalue weighted by atomic mass is 16.5. The van der Waals surface area contributed by atoms with Gasteiger partial charge in [0.05, 0.1) is 18.8 Å². The minimum atomic E-state index is -0.540. The Balaban J connectivity index is 2.72. The SMILES string of the molecule is Cc1ccc([C@@H](C)O)c(OCCC(C)O)c1. The molecule has 0 aliphatic carbocycles. The molecule has 0 aliphatic rings. The van der Waals surface area contributed by atoms with Crippen LogP contribution in [0.5, 0.6) is 5.75 Å². The van der Waals surface area contributed by atoms with Gasteiger partial charge in [-0.15, -0.1) is 0 Å². The molecule has 1 aromatic carbocycles. The Morgan fingerprint density at radius 2 is 1.94 bits per heavy atom. The quantitative estimate of drug-likeness (QED) is 0.806. The first-order chi connectivity index (χ1) is 7.50. The maximum Gasteiger partial charge on any atom is 0.125 e. The molecular weight excluding hydrogens is 204 g/mol. The van der Waals surface area contributed by atoms with E-state index in [2.05, 4.69) is 0 Å². The van der Waals surface area contributed by atoms with E-state index in [4.69, 9.17) is 9.84 Å². The summed E-state index contributed by atoms with van der Waals surface area (Å²) in [5, 5.41) is 18.7. The molecule has 0 amide bonds. The monoisotopic (exact) mass is 224 g/mol. The lowest BCUT2D eigenvalue weighted by molar-refractivity contribution is 0.151. The van der Waals surface area contributed by atoms with Crippen molar-refractivity contribution in [2.75, 3.05) is 6.61 Å². The number of hydrogen-bond acceptors (Lipinski definition) is 3. The molecule has 1 aromatic rings. The van der Waals surface area contributed by atoms with Crippen LogP contribution in [-0.2, 0) is 0 Å². The molecule has 0 spiro atoms. The summed E-state index contributed by atoms with van der Waals surface area (Å²) in [6, 6.07) is 5.73. The molecule has 16 heavy (non-hydrogen) atoms. The van der Waals surface area contributed by atoms with E-state index >= 15 is 0 Å². The summed E-state index contributed by atoms with van der Waals surface area (Å²) in [6.45, 7) is 5.88. The summed E-state index contributed by atoms with van der Waals surface area (Å²) in [5.41, 5.74) is 1.88. The lowest BCUT2D eigenvalue weighted by atomic mass is 10.1. The van der Waals surface area contributed by atoms with E-state index < -0.39 is 6.10 Å². The van der Waals surface area contributed by atoms with Crippen molar-refractivity contribution in [3.63, 3.8) is 0 Å². The van der Waals surface area contributed by atoms with Crippen molar-refractivity contribution in [2.24, 2.45) is 0 Å². The highest BCUT2D eigenvalue weighted by Gasteiger charge is 2.09. The van der Waals surface area contributed by atoms with E-state index in [0.29, 0.717) is 18.8 Å². The van der Waals surface area contributed by atoms with Gasteiger partial charge in [0.15, 0.2) is 0 Å². The van der Waals surface area contributed by atoms with Crippen LogP contribution < -0.4 is 4.74 Å². The Labute approximate surface area is 96.7 Å². The molecule has 0 saturated carbocycles. The predicted molar refractivity (Wildman–Crippen MR) is 63.6 cm³/mol. The average Bonchev–Trinajstić information content (AvgIpc) is 2.16. The molecule has 1 rings (SSSR count). The van der Waals surface area contributed by atoms with Gasteiger partial charge < -0.3 is 14.9 Å². The van der Waals surface area contributed by atoms with Crippen LogP contribution in [0.1, 0.15) is 37.5 Å². The molecule has 0 aromatic heterocycles. The fourth-order valence-electron chi connectivity index (χ4n) is 1.45. The fourth-order valence-corrected chi connectivity index (χ4v) is 1.45. The topological polar surface area (TPSA) is 49.7 Å². The molecule has 2 N–H and O–H groups in total. The molecule has 0 heterocycles. The van der Waals surface area contributed by atoms with E-state index in [1.165, 1.54) is 0 Å². The number of aliphatic hydroxyl groups excluding tert-OH is 2. The van der Waals surface area contributed by atoms with Gasteiger partial charge in [-0.3, -0.25) is 0 Å². The lowest BCUT2D eigenvalue weighted by Gasteiger charge is -2.14. The van der Waals surface area contributed by atoms with Gasteiger partial charge in [-0.25, -0.2) is 0 Å². The van der Waals surface area contributed by atoms with Crippen LogP contribution in [0.25, 0.3) is 0 Å². The Kier molecular flexibility index (Phi) is 4.77. The smallest absolute Gasteiger partial charge is 0.125 e. The molecule has 0 saturated heterocycles. The van der Waals surface area contributed by atoms with Crippen molar-refractivity contribution in [1.29, 1.82) is 0 Å². The zero-order chi connectivity index (χ0) is 12.1. The van der Waals surface area contributed by atoms with E-state index in [1.807, 2.05) is 25.1 Å². The van der Waals surface area contributed by atoms with Crippen molar-refractivity contribution >= 4 is 0 Å². The van der Waals surface area contributed by atoms with Crippen LogP contribution in [0, 0.1) is 6.92 Å². The number of hydrogen-bond donors (Lipinski definition) is 2. The minimum absolute atomic E-state index is 0.361. The average molecular weight is 224 g/mol. The highest BCUT2D eigenvalue weighted by Crippen LogP contribution is 2.26. The lowest BCUT2D eigenvalue weighted by Crippen LogP contribution is -2.09. The van der Waals surface area contributed by atoms with Crippen molar-refractivity contribution in [3.8, 4) is 5.75 Å². The van der Waals surface area contributed by atoms with Gasteiger partial charge in [0.2, 0.25) is 0 Å². The Morgan fingerprint density at radius 3 is 2.50 bits per heavy atom. The second kappa shape index (κ2) is 5.87. The summed E-state index contributed by atoms with van der Waals surface area (Å²) >= 11 is 0. The van der Waals surface area contributed by atoms with Gasteiger partial charge in [0.25, 0.3) is 0 Å². The van der Waals surface area contributed by atoms with Gasteiger partial charge in [-0.2, -0.15) is 0 Å². The van der Waals surface area contributed by atoms with Gasteiger partial charge in [-0.1, -0.05) is 12.1 Å². The van der Waals surface area contributed by atoms with Crippen molar-refractivity contribution in [3.05, 3.63) is 29.3 Å². The zero-order valence-corrected chi connectivity index (χ0v) is 10.1.